The van der Waals surface area contributed by atoms with E-state index >= 15 is 0 Å². The molecular formula is C7H11NO4. The van der Waals surface area contributed by atoms with Gasteiger partial charge in [0.25, 0.3) is 0 Å². The lowest BCUT2D eigenvalue weighted by Crippen LogP contribution is -2.29. The van der Waals surface area contributed by atoms with Gasteiger partial charge in [-0.3, -0.25) is 9.63 Å². The van der Waals surface area contributed by atoms with Crippen molar-refractivity contribution in [1.82, 2.24) is 5.06 Å². The smallest absolute Gasteiger partial charge is 0.315 e. The molecule has 0 radical (unpaired) electrons. The van der Waals surface area contributed by atoms with Crippen molar-refractivity contribution >= 4 is 5.91 Å². The summed E-state index contributed by atoms with van der Waals surface area (Å²) in [6.45, 7) is 0.878. The first-order valence-corrected chi connectivity index (χ1v) is 3.52. The quantitative estimate of drug-likeness (QED) is 0.547. The molecule has 0 aliphatic carbocycles. The number of rotatable bonds is 2. The SMILES string of the molecule is CON(C)C(=O)C1=COCCO1. The van der Waals surface area contributed by atoms with Gasteiger partial charge in [-0.1, -0.05) is 0 Å². The lowest BCUT2D eigenvalue weighted by atomic mass is 10.5. The topological polar surface area (TPSA) is 48.0 Å². The number of carbonyl (C=O) groups is 1. The average Bonchev–Trinajstić information content (AvgIpc) is 2.17. The molecule has 0 aromatic rings. The Morgan fingerprint density at radius 2 is 2.42 bits per heavy atom. The Kier molecular flexibility index (Phi) is 2.93. The maximum Gasteiger partial charge on any atom is 0.315 e. The Morgan fingerprint density at radius 1 is 1.67 bits per heavy atom. The van der Waals surface area contributed by atoms with Crippen LogP contribution in [0, 0.1) is 0 Å². The van der Waals surface area contributed by atoms with Crippen molar-refractivity contribution in [2.24, 2.45) is 0 Å². The van der Waals surface area contributed by atoms with Gasteiger partial charge in [-0.25, -0.2) is 5.06 Å². The highest BCUT2D eigenvalue weighted by molar-refractivity contribution is 5.90. The van der Waals surface area contributed by atoms with Crippen molar-refractivity contribution in [3.05, 3.63) is 12.0 Å². The van der Waals surface area contributed by atoms with Crippen molar-refractivity contribution in [1.29, 1.82) is 0 Å². The van der Waals surface area contributed by atoms with E-state index in [1.807, 2.05) is 0 Å². The van der Waals surface area contributed by atoms with Crippen molar-refractivity contribution in [3.63, 3.8) is 0 Å². The number of nitrogens with zero attached hydrogens (tertiary/aromatic N) is 1. The van der Waals surface area contributed by atoms with Gasteiger partial charge in [-0.05, 0) is 0 Å². The van der Waals surface area contributed by atoms with Crippen LogP contribution in [-0.4, -0.2) is 38.3 Å². The normalized spacial score (nSPS) is 15.7. The van der Waals surface area contributed by atoms with Gasteiger partial charge < -0.3 is 9.47 Å². The van der Waals surface area contributed by atoms with Gasteiger partial charge in [0.15, 0.2) is 0 Å². The van der Waals surface area contributed by atoms with Crippen LogP contribution in [-0.2, 0) is 19.1 Å². The third-order valence-corrected chi connectivity index (χ3v) is 1.42. The molecule has 1 aliphatic heterocycles. The maximum atomic E-state index is 11.3. The third kappa shape index (κ3) is 1.88. The Morgan fingerprint density at radius 3 is 2.92 bits per heavy atom. The summed E-state index contributed by atoms with van der Waals surface area (Å²) in [5.74, 6) is -0.178. The number of amides is 1. The number of carbonyl (C=O) groups excluding carboxylic acids is 1. The molecule has 1 amide bonds. The molecule has 5 heteroatoms. The van der Waals surface area contributed by atoms with Crippen LogP contribution in [0.4, 0.5) is 0 Å². The first-order chi connectivity index (χ1) is 5.75. The highest BCUT2D eigenvalue weighted by Crippen LogP contribution is 2.06. The molecule has 0 bridgehead atoms. The largest absolute Gasteiger partial charge is 0.494 e. The summed E-state index contributed by atoms with van der Waals surface area (Å²) < 4.78 is 9.94. The first kappa shape index (κ1) is 8.86. The van der Waals surface area contributed by atoms with E-state index in [9.17, 15) is 4.79 Å². The fraction of sp³-hybridized carbons (Fsp3) is 0.571. The van der Waals surface area contributed by atoms with E-state index < -0.39 is 0 Å². The van der Waals surface area contributed by atoms with E-state index in [2.05, 4.69) is 4.84 Å². The molecule has 12 heavy (non-hydrogen) atoms. The van der Waals surface area contributed by atoms with Crippen molar-refractivity contribution < 1.29 is 19.1 Å². The monoisotopic (exact) mass is 173 g/mol. The van der Waals surface area contributed by atoms with Crippen LogP contribution in [0.15, 0.2) is 12.0 Å². The third-order valence-electron chi connectivity index (χ3n) is 1.42. The van der Waals surface area contributed by atoms with Gasteiger partial charge in [0.2, 0.25) is 5.76 Å². The fourth-order valence-electron chi connectivity index (χ4n) is 0.719. The van der Waals surface area contributed by atoms with Crippen molar-refractivity contribution in [2.75, 3.05) is 27.4 Å². The molecule has 0 aromatic heterocycles. The van der Waals surface area contributed by atoms with E-state index in [0.29, 0.717) is 13.2 Å². The van der Waals surface area contributed by atoms with Gasteiger partial charge in [0.1, 0.15) is 19.5 Å². The predicted molar refractivity (Wildman–Crippen MR) is 39.8 cm³/mol. The van der Waals surface area contributed by atoms with E-state index in [0.717, 1.165) is 5.06 Å². The maximum absolute atomic E-state index is 11.3. The van der Waals surface area contributed by atoms with E-state index in [1.165, 1.54) is 20.4 Å². The standard InChI is InChI=1S/C7H11NO4/c1-8(10-2)7(9)6-5-11-3-4-12-6/h5H,3-4H2,1-2H3. The van der Waals surface area contributed by atoms with Crippen LogP contribution >= 0.6 is 0 Å². The second-order valence-electron chi connectivity index (χ2n) is 2.19. The zero-order valence-electron chi connectivity index (χ0n) is 7.07. The second-order valence-corrected chi connectivity index (χ2v) is 2.19. The Hall–Kier alpha value is -1.23. The molecule has 5 nitrogen and oxygen atoms in total. The molecule has 0 aromatic carbocycles. The Balaban J connectivity index is 2.56. The summed E-state index contributed by atoms with van der Waals surface area (Å²) in [7, 11) is 2.91. The summed E-state index contributed by atoms with van der Waals surface area (Å²) in [5.41, 5.74) is 0. The molecule has 68 valence electrons. The van der Waals surface area contributed by atoms with Crippen LogP contribution in [0.5, 0.6) is 0 Å². The summed E-state index contributed by atoms with van der Waals surface area (Å²) in [4.78, 5) is 15.9. The molecule has 1 rings (SSSR count). The van der Waals surface area contributed by atoms with E-state index in [4.69, 9.17) is 9.47 Å². The minimum absolute atomic E-state index is 0.172. The molecule has 0 fully saturated rings. The zero-order valence-corrected chi connectivity index (χ0v) is 7.07. The fourth-order valence-corrected chi connectivity index (χ4v) is 0.719. The molecule has 1 heterocycles. The highest BCUT2D eigenvalue weighted by Gasteiger charge is 2.18. The van der Waals surface area contributed by atoms with Gasteiger partial charge in [0.05, 0.1) is 7.11 Å². The number of ether oxygens (including phenoxy) is 2. The van der Waals surface area contributed by atoms with Gasteiger partial charge in [-0.2, -0.15) is 0 Å². The Bertz CT molecular complexity index is 202. The highest BCUT2D eigenvalue weighted by atomic mass is 16.7. The molecule has 0 saturated carbocycles. The Labute approximate surface area is 70.4 Å². The number of likely N-dealkylation sites (N-methyl/N-ethyl adjacent to an activating group) is 1. The molecule has 0 unspecified atom stereocenters. The van der Waals surface area contributed by atoms with Crippen molar-refractivity contribution in [3.8, 4) is 0 Å². The number of hydrogen-bond donors (Lipinski definition) is 0. The van der Waals surface area contributed by atoms with Crippen LogP contribution in [0.2, 0.25) is 0 Å². The average molecular weight is 173 g/mol. The molecular weight excluding hydrogens is 162 g/mol. The van der Waals surface area contributed by atoms with E-state index in [1.54, 1.807) is 0 Å². The molecule has 0 saturated heterocycles. The first-order valence-electron chi connectivity index (χ1n) is 3.52. The second kappa shape index (κ2) is 3.96. The molecule has 0 atom stereocenters. The minimum Gasteiger partial charge on any atom is -0.494 e. The minimum atomic E-state index is -0.350. The number of hydroxylamine groups is 2. The van der Waals surface area contributed by atoms with Crippen LogP contribution in [0.1, 0.15) is 0 Å². The molecule has 0 N–H and O–H groups in total. The van der Waals surface area contributed by atoms with Gasteiger partial charge in [0, 0.05) is 7.05 Å². The van der Waals surface area contributed by atoms with Gasteiger partial charge in [-0.15, -0.1) is 0 Å². The van der Waals surface area contributed by atoms with Crippen LogP contribution < -0.4 is 0 Å². The zero-order chi connectivity index (χ0) is 8.97. The summed E-state index contributed by atoms with van der Waals surface area (Å²) in [5, 5.41) is 1.07. The lowest BCUT2D eigenvalue weighted by molar-refractivity contribution is -0.169. The molecule has 1 aliphatic rings. The van der Waals surface area contributed by atoms with Crippen LogP contribution in [0.25, 0.3) is 0 Å². The van der Waals surface area contributed by atoms with Crippen molar-refractivity contribution in [2.45, 2.75) is 0 Å². The van der Waals surface area contributed by atoms with E-state index in [-0.39, 0.29) is 11.7 Å². The summed E-state index contributed by atoms with van der Waals surface area (Å²) in [6.07, 6.45) is 1.29. The molecule has 0 spiro atoms. The summed E-state index contributed by atoms with van der Waals surface area (Å²) >= 11 is 0. The predicted octanol–water partition coefficient (Wildman–Crippen LogP) is -0.106. The lowest BCUT2D eigenvalue weighted by Gasteiger charge is -2.18. The number of hydrogen-bond acceptors (Lipinski definition) is 4. The van der Waals surface area contributed by atoms with Gasteiger partial charge >= 0.3 is 5.91 Å². The summed E-state index contributed by atoms with van der Waals surface area (Å²) in [6, 6.07) is 0. The van der Waals surface area contributed by atoms with Crippen LogP contribution in [0.3, 0.4) is 0 Å².